The fraction of sp³-hybridized carbons (Fsp3) is 0.0588. The number of aromatic nitrogens is 3. The van der Waals surface area contributed by atoms with Gasteiger partial charge in [0.05, 0.1) is 26.6 Å². The number of nitrogens with one attached hydrogen (secondary N) is 3. The van der Waals surface area contributed by atoms with Gasteiger partial charge in [-0.15, -0.1) is 5.10 Å². The normalized spacial score (nSPS) is 10.1. The van der Waals surface area contributed by atoms with Crippen molar-refractivity contribution in [1.29, 1.82) is 5.41 Å². The molecule has 0 saturated carbocycles. The SMILES string of the molecule is N=C(N)CNC(=O)c1ccc(Cl)c(Cl)c1.Nc1n[nH]c(-c2ccc(Cl)c(Cl)c2)n1. The van der Waals surface area contributed by atoms with Crippen LogP contribution in [0.25, 0.3) is 11.4 Å². The Labute approximate surface area is 186 Å². The topological polar surface area (TPSA) is 147 Å². The largest absolute Gasteiger partial charge is 0.386 e. The highest BCUT2D eigenvalue weighted by molar-refractivity contribution is 6.42. The van der Waals surface area contributed by atoms with Gasteiger partial charge < -0.3 is 16.8 Å². The molecule has 0 aliphatic rings. The van der Waals surface area contributed by atoms with Gasteiger partial charge in [0.2, 0.25) is 5.95 Å². The smallest absolute Gasteiger partial charge is 0.251 e. The molecule has 1 amide bonds. The minimum absolute atomic E-state index is 0.0130. The van der Waals surface area contributed by atoms with Gasteiger partial charge in [0, 0.05) is 11.1 Å². The molecule has 0 saturated heterocycles. The van der Waals surface area contributed by atoms with Crippen LogP contribution in [-0.2, 0) is 0 Å². The van der Waals surface area contributed by atoms with Gasteiger partial charge in [-0.1, -0.05) is 46.4 Å². The predicted octanol–water partition coefficient (Wildman–Crippen LogP) is 4.02. The number of nitrogen functional groups attached to an aromatic ring is 1. The highest BCUT2D eigenvalue weighted by Gasteiger charge is 2.07. The first-order valence-electron chi connectivity index (χ1n) is 7.87. The van der Waals surface area contributed by atoms with E-state index in [4.69, 9.17) is 63.3 Å². The fourth-order valence-corrected chi connectivity index (χ4v) is 2.56. The zero-order chi connectivity index (χ0) is 21.6. The van der Waals surface area contributed by atoms with Gasteiger partial charge in [-0.25, -0.2) is 0 Å². The molecular formula is C17H15Cl4N7O. The maximum absolute atomic E-state index is 11.4. The van der Waals surface area contributed by atoms with Crippen LogP contribution in [0.1, 0.15) is 10.4 Å². The molecule has 0 fully saturated rings. The van der Waals surface area contributed by atoms with E-state index in [0.717, 1.165) is 5.56 Å². The third-order valence-corrected chi connectivity index (χ3v) is 4.79. The van der Waals surface area contributed by atoms with Crippen LogP contribution in [0.4, 0.5) is 5.95 Å². The number of carbonyl (C=O) groups is 1. The molecule has 29 heavy (non-hydrogen) atoms. The second-order valence-electron chi connectivity index (χ2n) is 5.51. The third kappa shape index (κ3) is 6.79. The van der Waals surface area contributed by atoms with Crippen molar-refractivity contribution in [1.82, 2.24) is 20.5 Å². The molecule has 3 rings (SSSR count). The fourth-order valence-electron chi connectivity index (χ4n) is 1.96. The molecular weight excluding hydrogens is 460 g/mol. The van der Waals surface area contributed by atoms with Gasteiger partial charge >= 0.3 is 0 Å². The Kier molecular flexibility index (Phi) is 8.10. The van der Waals surface area contributed by atoms with Crippen molar-refractivity contribution < 1.29 is 4.79 Å². The monoisotopic (exact) mass is 473 g/mol. The number of aromatic amines is 1. The van der Waals surface area contributed by atoms with E-state index in [1.807, 2.05) is 0 Å². The van der Waals surface area contributed by atoms with Crippen molar-refractivity contribution in [2.75, 3.05) is 12.3 Å². The molecule has 0 aliphatic carbocycles. The second kappa shape index (κ2) is 10.3. The molecule has 8 nitrogen and oxygen atoms in total. The molecule has 3 aromatic rings. The average Bonchev–Trinajstić information content (AvgIpc) is 3.11. The number of amidine groups is 1. The standard InChI is InChI=1S/C9H9Cl2N3O.C8H6Cl2N4/c10-6-2-1-5(3-7(6)11)9(15)14-4-8(12)13;9-5-2-1-4(3-6(5)10)7-12-8(11)14-13-7/h1-3H,4H2,(H3,12,13)(H,14,15);1-3H,(H3,11,12,13,14). The van der Waals surface area contributed by atoms with Crippen molar-refractivity contribution in [3.63, 3.8) is 0 Å². The van der Waals surface area contributed by atoms with Crippen LogP contribution in [0, 0.1) is 5.41 Å². The molecule has 2 aromatic carbocycles. The summed E-state index contributed by atoms with van der Waals surface area (Å²) in [5.74, 6) is 0.319. The number of nitrogens with two attached hydrogens (primary N) is 2. The summed E-state index contributed by atoms with van der Waals surface area (Å²) < 4.78 is 0. The maximum atomic E-state index is 11.4. The highest BCUT2D eigenvalue weighted by atomic mass is 35.5. The summed E-state index contributed by atoms with van der Waals surface area (Å²) in [6.45, 7) is 0.0130. The van der Waals surface area contributed by atoms with Gasteiger partial charge in [-0.2, -0.15) is 4.98 Å². The van der Waals surface area contributed by atoms with Gasteiger partial charge in [0.25, 0.3) is 5.91 Å². The second-order valence-corrected chi connectivity index (χ2v) is 7.14. The first-order valence-corrected chi connectivity index (χ1v) is 9.38. The summed E-state index contributed by atoms with van der Waals surface area (Å²) in [4.78, 5) is 15.4. The Bertz CT molecular complexity index is 1040. The van der Waals surface area contributed by atoms with Crippen LogP contribution < -0.4 is 16.8 Å². The maximum Gasteiger partial charge on any atom is 0.251 e. The average molecular weight is 475 g/mol. The Morgan fingerprint density at radius 1 is 1.03 bits per heavy atom. The Hall–Kier alpha value is -2.52. The Morgan fingerprint density at radius 2 is 1.66 bits per heavy atom. The highest BCUT2D eigenvalue weighted by Crippen LogP contribution is 2.26. The molecule has 0 spiro atoms. The minimum atomic E-state index is -0.344. The molecule has 7 N–H and O–H groups in total. The van der Waals surface area contributed by atoms with Crippen molar-refractivity contribution in [2.24, 2.45) is 5.73 Å². The van der Waals surface area contributed by atoms with Gasteiger partial charge in [-0.3, -0.25) is 15.3 Å². The lowest BCUT2D eigenvalue weighted by Crippen LogP contribution is -2.32. The molecule has 0 radical (unpaired) electrons. The lowest BCUT2D eigenvalue weighted by molar-refractivity contribution is 0.0959. The lowest BCUT2D eigenvalue weighted by Gasteiger charge is -2.04. The summed E-state index contributed by atoms with van der Waals surface area (Å²) in [5, 5.41) is 17.5. The van der Waals surface area contributed by atoms with E-state index < -0.39 is 0 Å². The Balaban J connectivity index is 0.000000207. The quantitative estimate of drug-likeness (QED) is 0.286. The number of carbonyl (C=O) groups excluding carboxylic acids is 1. The Morgan fingerprint density at radius 3 is 2.17 bits per heavy atom. The van der Waals surface area contributed by atoms with E-state index in [9.17, 15) is 4.79 Å². The molecule has 0 unspecified atom stereocenters. The number of anilines is 1. The van der Waals surface area contributed by atoms with Crippen molar-refractivity contribution in [3.8, 4) is 11.4 Å². The van der Waals surface area contributed by atoms with Crippen LogP contribution in [0.15, 0.2) is 36.4 Å². The molecule has 1 heterocycles. The molecule has 0 aliphatic heterocycles. The lowest BCUT2D eigenvalue weighted by atomic mass is 10.2. The molecule has 1 aromatic heterocycles. The van der Waals surface area contributed by atoms with Crippen LogP contribution in [-0.4, -0.2) is 33.5 Å². The van der Waals surface area contributed by atoms with Crippen molar-refractivity contribution in [2.45, 2.75) is 0 Å². The first kappa shape index (κ1) is 22.8. The predicted molar refractivity (Wildman–Crippen MR) is 117 cm³/mol. The van der Waals surface area contributed by atoms with E-state index in [1.165, 1.54) is 12.1 Å². The first-order chi connectivity index (χ1) is 13.7. The molecule has 0 atom stereocenters. The number of rotatable bonds is 4. The number of benzene rings is 2. The van der Waals surface area contributed by atoms with Crippen LogP contribution in [0.5, 0.6) is 0 Å². The molecule has 12 heteroatoms. The number of amides is 1. The van der Waals surface area contributed by atoms with Gasteiger partial charge in [-0.05, 0) is 36.4 Å². The number of nitrogens with zero attached hydrogens (tertiary/aromatic N) is 2. The molecule has 152 valence electrons. The summed E-state index contributed by atoms with van der Waals surface area (Å²) in [7, 11) is 0. The number of H-pyrrole nitrogens is 1. The van der Waals surface area contributed by atoms with E-state index in [0.29, 0.717) is 31.5 Å². The summed E-state index contributed by atoms with van der Waals surface area (Å²) in [5.41, 5.74) is 11.6. The van der Waals surface area contributed by atoms with Crippen LogP contribution in [0.3, 0.4) is 0 Å². The van der Waals surface area contributed by atoms with Crippen LogP contribution >= 0.6 is 46.4 Å². The van der Waals surface area contributed by atoms with Crippen LogP contribution in [0.2, 0.25) is 20.1 Å². The summed E-state index contributed by atoms with van der Waals surface area (Å²) >= 11 is 23.1. The van der Waals surface area contributed by atoms with Gasteiger partial charge in [0.1, 0.15) is 5.84 Å². The zero-order valence-corrected chi connectivity index (χ0v) is 17.7. The van der Waals surface area contributed by atoms with E-state index in [-0.39, 0.29) is 24.2 Å². The van der Waals surface area contributed by atoms with E-state index in [2.05, 4.69) is 20.5 Å². The van der Waals surface area contributed by atoms with Crippen molar-refractivity contribution >= 4 is 64.1 Å². The van der Waals surface area contributed by atoms with Crippen molar-refractivity contribution in [3.05, 3.63) is 62.1 Å². The number of hydrogen-bond donors (Lipinski definition) is 5. The van der Waals surface area contributed by atoms with Gasteiger partial charge in [0.15, 0.2) is 5.82 Å². The van der Waals surface area contributed by atoms with E-state index >= 15 is 0 Å². The number of hydrogen-bond acceptors (Lipinski definition) is 5. The zero-order valence-electron chi connectivity index (χ0n) is 14.6. The van der Waals surface area contributed by atoms with E-state index in [1.54, 1.807) is 24.3 Å². The molecule has 0 bridgehead atoms. The number of halogens is 4. The minimum Gasteiger partial charge on any atom is -0.386 e. The summed E-state index contributed by atoms with van der Waals surface area (Å²) in [6.07, 6.45) is 0. The summed E-state index contributed by atoms with van der Waals surface area (Å²) in [6, 6.07) is 9.71. The third-order valence-electron chi connectivity index (χ3n) is 3.32.